The molecule has 0 aromatic carbocycles. The van der Waals surface area contributed by atoms with Crippen molar-refractivity contribution in [1.82, 2.24) is 30.0 Å². The van der Waals surface area contributed by atoms with E-state index >= 15 is 0 Å². The van der Waals surface area contributed by atoms with Gasteiger partial charge in [-0.25, -0.2) is 14.6 Å². The average molecular weight is 353 g/mol. The minimum Gasteiger partial charge on any atom is -0.461 e. The molecule has 3 aromatic heterocycles. The van der Waals surface area contributed by atoms with Crippen LogP contribution in [0.25, 0.3) is 17.4 Å². The Kier molecular flexibility index (Phi) is 4.71. The van der Waals surface area contributed by atoms with Gasteiger partial charge in [-0.15, -0.1) is 0 Å². The zero-order valence-electron chi connectivity index (χ0n) is 14.1. The van der Waals surface area contributed by atoms with Crippen LogP contribution in [-0.2, 0) is 4.79 Å². The second-order valence-corrected chi connectivity index (χ2v) is 5.94. The lowest BCUT2D eigenvalue weighted by molar-refractivity contribution is -0.117. The lowest BCUT2D eigenvalue weighted by Gasteiger charge is -2.26. The highest BCUT2D eigenvalue weighted by atomic mass is 16.3. The van der Waals surface area contributed by atoms with Crippen LogP contribution in [0.2, 0.25) is 0 Å². The Hall–Kier alpha value is -3.04. The van der Waals surface area contributed by atoms with Gasteiger partial charge in [0.25, 0.3) is 0 Å². The molecule has 9 heteroatoms. The number of anilines is 1. The first kappa shape index (κ1) is 16.4. The van der Waals surface area contributed by atoms with Gasteiger partial charge in [0.15, 0.2) is 17.4 Å². The van der Waals surface area contributed by atoms with Crippen LogP contribution in [0.1, 0.15) is 0 Å². The zero-order valence-corrected chi connectivity index (χ0v) is 14.1. The fourth-order valence-corrected chi connectivity index (χ4v) is 2.79. The second-order valence-electron chi connectivity index (χ2n) is 5.94. The summed E-state index contributed by atoms with van der Waals surface area (Å²) >= 11 is 0. The van der Waals surface area contributed by atoms with Crippen LogP contribution in [0.5, 0.6) is 0 Å². The minimum absolute atomic E-state index is 0.109. The first-order valence-electron chi connectivity index (χ1n) is 8.44. The number of carbonyl (C=O) groups excluding carboxylic acids is 1. The molecule has 0 aliphatic carbocycles. The van der Waals surface area contributed by atoms with Gasteiger partial charge < -0.3 is 15.1 Å². The summed E-state index contributed by atoms with van der Waals surface area (Å²) < 4.78 is 7.00. The molecule has 4 heterocycles. The largest absolute Gasteiger partial charge is 0.461 e. The van der Waals surface area contributed by atoms with Crippen LogP contribution in [-0.4, -0.2) is 63.3 Å². The molecule has 0 radical (unpaired) electrons. The van der Waals surface area contributed by atoms with Crippen LogP contribution >= 0.6 is 0 Å². The number of carbonyl (C=O) groups is 1. The lowest BCUT2D eigenvalue weighted by atomic mass is 10.3. The van der Waals surface area contributed by atoms with E-state index in [4.69, 9.17) is 4.42 Å². The number of aromatic nitrogens is 4. The molecule has 1 aliphatic heterocycles. The van der Waals surface area contributed by atoms with Gasteiger partial charge in [-0.1, -0.05) is 0 Å². The summed E-state index contributed by atoms with van der Waals surface area (Å²) in [6.07, 6.45) is 5.00. The molecule has 3 aromatic rings. The van der Waals surface area contributed by atoms with Crippen LogP contribution in [0.4, 0.5) is 5.82 Å². The maximum absolute atomic E-state index is 12.4. The van der Waals surface area contributed by atoms with Crippen molar-refractivity contribution in [2.45, 2.75) is 0 Å². The summed E-state index contributed by atoms with van der Waals surface area (Å²) in [7, 11) is 0. The van der Waals surface area contributed by atoms with Crippen molar-refractivity contribution in [2.75, 3.05) is 38.0 Å². The number of hydrogen-bond acceptors (Lipinski definition) is 7. The molecule has 134 valence electrons. The zero-order chi connectivity index (χ0) is 17.8. The summed E-state index contributed by atoms with van der Waals surface area (Å²) in [5, 5.41) is 10.3. The summed E-state index contributed by atoms with van der Waals surface area (Å²) in [6, 6.07) is 7.03. The van der Waals surface area contributed by atoms with Crippen molar-refractivity contribution < 1.29 is 9.21 Å². The van der Waals surface area contributed by atoms with Crippen LogP contribution in [0.15, 0.2) is 47.3 Å². The number of piperazine rings is 1. The molecule has 0 spiro atoms. The smallest absolute Gasteiger partial charge is 0.239 e. The van der Waals surface area contributed by atoms with Gasteiger partial charge in [0.1, 0.15) is 5.82 Å². The van der Waals surface area contributed by atoms with E-state index in [1.807, 2.05) is 0 Å². The van der Waals surface area contributed by atoms with Crippen molar-refractivity contribution >= 4 is 11.7 Å². The molecule has 0 saturated carbocycles. The molecule has 4 rings (SSSR count). The summed E-state index contributed by atoms with van der Waals surface area (Å²) in [4.78, 5) is 23.4. The van der Waals surface area contributed by atoms with Crippen LogP contribution in [0, 0.1) is 0 Å². The van der Waals surface area contributed by atoms with Gasteiger partial charge in [-0.05, 0) is 18.2 Å². The highest BCUT2D eigenvalue weighted by Gasteiger charge is 2.16. The third-order valence-electron chi connectivity index (χ3n) is 4.04. The van der Waals surface area contributed by atoms with E-state index in [0.717, 1.165) is 26.2 Å². The predicted molar refractivity (Wildman–Crippen MR) is 94.8 cm³/mol. The number of nitrogens with zero attached hydrogens (tertiary/aromatic N) is 5. The van der Waals surface area contributed by atoms with E-state index in [9.17, 15) is 4.79 Å². The Morgan fingerprint density at radius 2 is 2.15 bits per heavy atom. The molecule has 2 N–H and O–H groups in total. The Bertz CT molecular complexity index is 803. The SMILES string of the molecule is O=C(CN1CCNCC1)Nc1cc(-n2cccn2)nc(-c2ccco2)n1. The fraction of sp³-hybridized carbons (Fsp3) is 0.294. The highest BCUT2D eigenvalue weighted by Crippen LogP contribution is 2.20. The van der Waals surface area contributed by atoms with Crippen molar-refractivity contribution in [1.29, 1.82) is 0 Å². The van der Waals surface area contributed by atoms with E-state index < -0.39 is 0 Å². The Morgan fingerprint density at radius 1 is 1.27 bits per heavy atom. The summed E-state index contributed by atoms with van der Waals surface area (Å²) in [6.45, 7) is 3.83. The van der Waals surface area contributed by atoms with E-state index in [-0.39, 0.29) is 5.91 Å². The van der Waals surface area contributed by atoms with Crippen molar-refractivity contribution in [3.05, 3.63) is 42.9 Å². The number of nitrogens with one attached hydrogen (secondary N) is 2. The molecule has 0 bridgehead atoms. The molecule has 1 saturated heterocycles. The molecule has 1 aliphatic rings. The summed E-state index contributed by atoms with van der Waals surface area (Å²) in [5.41, 5.74) is 0. The van der Waals surface area contributed by atoms with Crippen molar-refractivity contribution in [3.63, 3.8) is 0 Å². The number of rotatable bonds is 5. The number of hydrogen-bond donors (Lipinski definition) is 2. The molecule has 0 unspecified atom stereocenters. The highest BCUT2D eigenvalue weighted by molar-refractivity contribution is 5.91. The van der Waals surface area contributed by atoms with E-state index in [2.05, 4.69) is 30.6 Å². The standard InChI is InChI=1S/C17H19N7O2/c25-16(12-23-8-5-18-6-9-23)20-14-11-15(24-7-2-4-19-24)22-17(21-14)13-3-1-10-26-13/h1-4,7,10-11,18H,5-6,8-9,12H2,(H,20,21,22,25). The number of amides is 1. The molecule has 9 nitrogen and oxygen atoms in total. The predicted octanol–water partition coefficient (Wildman–Crippen LogP) is 0.766. The van der Waals surface area contributed by atoms with E-state index in [1.54, 1.807) is 47.6 Å². The van der Waals surface area contributed by atoms with Gasteiger partial charge in [-0.2, -0.15) is 5.10 Å². The lowest BCUT2D eigenvalue weighted by Crippen LogP contribution is -2.46. The number of furan rings is 1. The second kappa shape index (κ2) is 7.46. The van der Waals surface area contributed by atoms with Gasteiger partial charge in [0.05, 0.1) is 12.8 Å². The maximum atomic E-state index is 12.4. The van der Waals surface area contributed by atoms with Gasteiger partial charge in [0.2, 0.25) is 5.91 Å². The molecule has 1 amide bonds. The van der Waals surface area contributed by atoms with Crippen molar-refractivity contribution in [3.8, 4) is 17.4 Å². The molecular weight excluding hydrogens is 334 g/mol. The quantitative estimate of drug-likeness (QED) is 0.698. The topological polar surface area (TPSA) is 101 Å². The third-order valence-corrected chi connectivity index (χ3v) is 4.04. The van der Waals surface area contributed by atoms with Gasteiger partial charge in [-0.3, -0.25) is 9.69 Å². The first-order valence-corrected chi connectivity index (χ1v) is 8.44. The molecule has 0 atom stereocenters. The monoisotopic (exact) mass is 353 g/mol. The maximum Gasteiger partial charge on any atom is 0.239 e. The summed E-state index contributed by atoms with van der Waals surface area (Å²) in [5.74, 6) is 1.77. The Balaban J connectivity index is 1.57. The van der Waals surface area contributed by atoms with Gasteiger partial charge in [0, 0.05) is 44.6 Å². The normalized spacial score (nSPS) is 15.1. The van der Waals surface area contributed by atoms with Gasteiger partial charge >= 0.3 is 0 Å². The molecule has 26 heavy (non-hydrogen) atoms. The Labute approximate surface area is 150 Å². The van der Waals surface area contributed by atoms with E-state index in [0.29, 0.717) is 29.8 Å². The Morgan fingerprint density at radius 3 is 2.88 bits per heavy atom. The first-order chi connectivity index (χ1) is 12.8. The van der Waals surface area contributed by atoms with Crippen molar-refractivity contribution in [2.24, 2.45) is 0 Å². The minimum atomic E-state index is -0.109. The van der Waals surface area contributed by atoms with E-state index in [1.165, 1.54) is 0 Å². The molecule has 1 fully saturated rings. The fourth-order valence-electron chi connectivity index (χ4n) is 2.79. The van der Waals surface area contributed by atoms with Crippen LogP contribution in [0.3, 0.4) is 0 Å². The third kappa shape index (κ3) is 3.79. The molecular formula is C17H19N7O2. The average Bonchev–Trinajstić information content (AvgIpc) is 3.36. The van der Waals surface area contributed by atoms with Crippen LogP contribution < -0.4 is 10.6 Å².